The van der Waals surface area contributed by atoms with Crippen LogP contribution in [-0.2, 0) is 6.54 Å². The topological polar surface area (TPSA) is 36.5 Å². The molecule has 0 atom stereocenters. The summed E-state index contributed by atoms with van der Waals surface area (Å²) < 4.78 is 5.52. The minimum Gasteiger partial charge on any atom is -0.495 e. The largest absolute Gasteiger partial charge is 0.495 e. The highest BCUT2D eigenvalue weighted by molar-refractivity contribution is 7.80. The number of aryl methyl sites for hydroxylation is 1. The predicted octanol–water partition coefficient (Wildman–Crippen LogP) is 5.51. The van der Waals surface area contributed by atoms with Crippen LogP contribution in [0.2, 0.25) is 0 Å². The molecule has 0 aliphatic carbocycles. The lowest BCUT2D eigenvalue weighted by atomic mass is 9.79. The van der Waals surface area contributed by atoms with Gasteiger partial charge >= 0.3 is 0 Å². The van der Waals surface area contributed by atoms with Crippen molar-refractivity contribution in [1.82, 2.24) is 10.2 Å². The van der Waals surface area contributed by atoms with Crippen LogP contribution in [-0.4, -0.2) is 34.2 Å². The summed E-state index contributed by atoms with van der Waals surface area (Å²) in [4.78, 5) is 2.37. The van der Waals surface area contributed by atoms with Crippen molar-refractivity contribution in [3.05, 3.63) is 59.7 Å². The summed E-state index contributed by atoms with van der Waals surface area (Å²) in [5.41, 5.74) is 3.56. The number of piperidine rings is 1. The van der Waals surface area contributed by atoms with Crippen molar-refractivity contribution in [2.24, 2.45) is 0 Å². The maximum Gasteiger partial charge on any atom is 0.174 e. The number of nitrogens with zero attached hydrogens (tertiary/aromatic N) is 1. The van der Waals surface area contributed by atoms with Gasteiger partial charge in [0.05, 0.1) is 12.8 Å². The van der Waals surface area contributed by atoms with E-state index in [1.807, 2.05) is 24.3 Å². The third-order valence-corrected chi connectivity index (χ3v) is 6.16. The number of nitrogens with one attached hydrogen (secondary N) is 2. The van der Waals surface area contributed by atoms with Gasteiger partial charge in [-0.25, -0.2) is 0 Å². The molecular formula is C25H35N3OS. The van der Waals surface area contributed by atoms with E-state index >= 15 is 0 Å². The minimum atomic E-state index is 0.0381. The van der Waals surface area contributed by atoms with Crippen LogP contribution in [0.1, 0.15) is 51.7 Å². The first-order chi connectivity index (χ1) is 14.1. The molecule has 0 radical (unpaired) electrons. The van der Waals surface area contributed by atoms with E-state index in [2.05, 4.69) is 74.4 Å². The quantitative estimate of drug-likeness (QED) is 0.618. The Labute approximate surface area is 187 Å². The molecule has 2 aromatic carbocycles. The number of ether oxygens (including phenoxy) is 1. The van der Waals surface area contributed by atoms with Gasteiger partial charge in [0.1, 0.15) is 5.75 Å². The van der Waals surface area contributed by atoms with E-state index in [0.717, 1.165) is 35.9 Å². The zero-order chi connectivity index (χ0) is 21.9. The van der Waals surface area contributed by atoms with Gasteiger partial charge in [-0.05, 0) is 82.9 Å². The lowest BCUT2D eigenvalue weighted by Crippen LogP contribution is -2.63. The van der Waals surface area contributed by atoms with Crippen molar-refractivity contribution in [1.29, 1.82) is 0 Å². The van der Waals surface area contributed by atoms with Crippen molar-refractivity contribution in [3.63, 3.8) is 0 Å². The molecule has 3 rings (SSSR count). The highest BCUT2D eigenvalue weighted by Gasteiger charge is 2.40. The summed E-state index contributed by atoms with van der Waals surface area (Å²) in [5, 5.41) is 7.99. The molecule has 1 fully saturated rings. The molecule has 0 aromatic heterocycles. The Kier molecular flexibility index (Phi) is 6.73. The van der Waals surface area contributed by atoms with E-state index in [-0.39, 0.29) is 11.1 Å². The minimum absolute atomic E-state index is 0.0381. The first kappa shape index (κ1) is 22.6. The van der Waals surface area contributed by atoms with E-state index in [0.29, 0.717) is 6.04 Å². The average Bonchev–Trinajstić information content (AvgIpc) is 2.65. The fourth-order valence-electron chi connectivity index (χ4n) is 4.76. The van der Waals surface area contributed by atoms with E-state index in [1.165, 1.54) is 11.1 Å². The molecular weight excluding hydrogens is 390 g/mol. The van der Waals surface area contributed by atoms with Gasteiger partial charge in [-0.3, -0.25) is 0 Å². The molecule has 1 aliphatic rings. The molecule has 0 spiro atoms. The number of hydrogen-bond donors (Lipinski definition) is 2. The van der Waals surface area contributed by atoms with Gasteiger partial charge in [-0.2, -0.15) is 0 Å². The summed E-state index contributed by atoms with van der Waals surface area (Å²) in [6.45, 7) is 12.1. The van der Waals surface area contributed by atoms with Gasteiger partial charge in [0, 0.05) is 23.7 Å². The first-order valence-corrected chi connectivity index (χ1v) is 11.1. The zero-order valence-corrected chi connectivity index (χ0v) is 19.9. The summed E-state index contributed by atoms with van der Waals surface area (Å²) >= 11 is 5.98. The summed E-state index contributed by atoms with van der Waals surface area (Å²) in [5.74, 6) is 0.793. The van der Waals surface area contributed by atoms with Crippen LogP contribution in [0.15, 0.2) is 48.5 Å². The first-order valence-electron chi connectivity index (χ1n) is 10.6. The van der Waals surface area contributed by atoms with Gasteiger partial charge < -0.3 is 20.3 Å². The zero-order valence-electron chi connectivity index (χ0n) is 19.1. The molecule has 0 amide bonds. The Bertz CT molecular complexity index is 877. The van der Waals surface area contributed by atoms with Crippen LogP contribution in [0.25, 0.3) is 0 Å². The Hall–Kier alpha value is -2.11. The Balaban J connectivity index is 1.92. The van der Waals surface area contributed by atoms with Gasteiger partial charge in [-0.15, -0.1) is 0 Å². The van der Waals surface area contributed by atoms with E-state index in [4.69, 9.17) is 17.0 Å². The molecule has 0 unspecified atom stereocenters. The van der Waals surface area contributed by atoms with Gasteiger partial charge in [0.2, 0.25) is 0 Å². The lowest BCUT2D eigenvalue weighted by Gasteiger charge is -2.50. The molecule has 30 heavy (non-hydrogen) atoms. The van der Waals surface area contributed by atoms with Crippen LogP contribution < -0.4 is 15.4 Å². The molecule has 0 saturated carbocycles. The predicted molar refractivity (Wildman–Crippen MR) is 130 cm³/mol. The summed E-state index contributed by atoms with van der Waals surface area (Å²) in [7, 11) is 1.69. The van der Waals surface area contributed by atoms with Crippen molar-refractivity contribution in [2.45, 2.75) is 71.1 Å². The Morgan fingerprint density at radius 2 is 1.67 bits per heavy atom. The molecule has 2 aromatic rings. The highest BCUT2D eigenvalue weighted by Crippen LogP contribution is 2.33. The second-order valence-electron chi connectivity index (χ2n) is 9.64. The smallest absolute Gasteiger partial charge is 0.174 e. The van der Waals surface area contributed by atoms with Crippen molar-refractivity contribution < 1.29 is 4.74 Å². The number of anilines is 1. The molecule has 4 nitrogen and oxygen atoms in total. The molecule has 2 N–H and O–H groups in total. The summed E-state index contributed by atoms with van der Waals surface area (Å²) in [6.07, 6.45) is 2.05. The summed E-state index contributed by atoms with van der Waals surface area (Å²) in [6, 6.07) is 16.8. The number of benzene rings is 2. The monoisotopic (exact) mass is 425 g/mol. The van der Waals surface area contributed by atoms with Crippen molar-refractivity contribution in [3.8, 4) is 5.75 Å². The Morgan fingerprint density at radius 1 is 1.07 bits per heavy atom. The van der Waals surface area contributed by atoms with Crippen LogP contribution >= 0.6 is 12.2 Å². The molecule has 5 heteroatoms. The van der Waals surface area contributed by atoms with Crippen LogP contribution in [0, 0.1) is 6.92 Å². The third kappa shape index (κ3) is 5.52. The number of para-hydroxylation sites is 2. The van der Waals surface area contributed by atoms with Crippen molar-refractivity contribution >= 4 is 23.0 Å². The fourth-order valence-corrected chi connectivity index (χ4v) is 5.09. The molecule has 0 bridgehead atoms. The normalized spacial score (nSPS) is 17.9. The van der Waals surface area contributed by atoms with Crippen LogP contribution in [0.4, 0.5) is 5.69 Å². The Morgan fingerprint density at radius 3 is 2.30 bits per heavy atom. The van der Waals surface area contributed by atoms with E-state index in [9.17, 15) is 0 Å². The third-order valence-electron chi connectivity index (χ3n) is 5.82. The van der Waals surface area contributed by atoms with Gasteiger partial charge in [-0.1, -0.05) is 36.4 Å². The standard InChI is InChI=1S/C25H35N3OS/c1-18-11-7-8-12-19(18)17-28(20-15-24(2,3)27-25(4,5)16-20)23(30)26-21-13-9-10-14-22(21)29-6/h7-14,20,27H,15-17H2,1-6H3,(H,26,30). The van der Waals surface area contributed by atoms with Crippen LogP contribution in [0.5, 0.6) is 5.75 Å². The molecule has 1 heterocycles. The number of methoxy groups -OCH3 is 1. The SMILES string of the molecule is COc1ccccc1NC(=S)N(Cc1ccccc1C)C1CC(C)(C)NC(C)(C)C1. The number of thiocarbonyl (C=S) groups is 1. The average molecular weight is 426 g/mol. The molecule has 1 saturated heterocycles. The van der Waals surface area contributed by atoms with E-state index in [1.54, 1.807) is 7.11 Å². The van der Waals surface area contributed by atoms with Gasteiger partial charge in [0.15, 0.2) is 5.11 Å². The maximum atomic E-state index is 5.98. The number of rotatable bonds is 5. The number of hydrogen-bond acceptors (Lipinski definition) is 3. The second kappa shape index (κ2) is 8.94. The highest BCUT2D eigenvalue weighted by atomic mass is 32.1. The van der Waals surface area contributed by atoms with Gasteiger partial charge in [0.25, 0.3) is 0 Å². The molecule has 1 aliphatic heterocycles. The van der Waals surface area contributed by atoms with Crippen molar-refractivity contribution in [2.75, 3.05) is 12.4 Å². The van der Waals surface area contributed by atoms with E-state index < -0.39 is 0 Å². The fraction of sp³-hybridized carbons (Fsp3) is 0.480. The second-order valence-corrected chi connectivity index (χ2v) is 10.0. The maximum absolute atomic E-state index is 5.98. The van der Waals surface area contributed by atoms with Crippen LogP contribution in [0.3, 0.4) is 0 Å². The lowest BCUT2D eigenvalue weighted by molar-refractivity contribution is 0.101. The molecule has 162 valence electrons.